The molecule has 4 heteroatoms. The summed E-state index contributed by atoms with van der Waals surface area (Å²) in [6.07, 6.45) is 9.87. The average Bonchev–Trinajstić information content (AvgIpc) is 2.78. The fourth-order valence-electron chi connectivity index (χ4n) is 2.24. The van der Waals surface area contributed by atoms with E-state index in [9.17, 15) is 0 Å². The smallest absolute Gasteiger partial charge is 0.0892 e. The molecule has 98 valence electrons. The van der Waals surface area contributed by atoms with Crippen LogP contribution in [0.1, 0.15) is 45.2 Å². The summed E-state index contributed by atoms with van der Waals surface area (Å²) < 4.78 is 1.89. The summed E-state index contributed by atoms with van der Waals surface area (Å²) >= 11 is 0. The third-order valence-electron chi connectivity index (χ3n) is 3.21. The van der Waals surface area contributed by atoms with E-state index in [1.165, 1.54) is 12.0 Å². The van der Waals surface area contributed by atoms with Gasteiger partial charge in [-0.2, -0.15) is 5.10 Å². The number of hydrogen-bond donors (Lipinski definition) is 1. The predicted octanol–water partition coefficient (Wildman–Crippen LogP) is 2.82. The van der Waals surface area contributed by atoms with Crippen LogP contribution in [0, 0.1) is 5.92 Å². The van der Waals surface area contributed by atoms with Crippen LogP contribution in [0.2, 0.25) is 0 Å². The fourth-order valence-corrected chi connectivity index (χ4v) is 2.24. The summed E-state index contributed by atoms with van der Waals surface area (Å²) in [6.45, 7) is 7.65. The number of nitrogens with one attached hydrogen (secondary N) is 1. The van der Waals surface area contributed by atoms with E-state index in [2.05, 4.69) is 36.2 Å². The van der Waals surface area contributed by atoms with Crippen LogP contribution in [0.3, 0.4) is 0 Å². The summed E-state index contributed by atoms with van der Waals surface area (Å²) in [5, 5.41) is 7.94. The van der Waals surface area contributed by atoms with E-state index < -0.39 is 0 Å². The molecule has 0 radical (unpaired) electrons. The first-order chi connectivity index (χ1) is 8.72. The molecule has 18 heavy (non-hydrogen) atoms. The highest BCUT2D eigenvalue weighted by molar-refractivity contribution is 5.53. The molecule has 0 fully saturated rings. The molecule has 2 aromatic rings. The first kappa shape index (κ1) is 13.0. The van der Waals surface area contributed by atoms with Crippen molar-refractivity contribution >= 4 is 5.52 Å². The first-order valence-corrected chi connectivity index (χ1v) is 6.73. The van der Waals surface area contributed by atoms with E-state index in [0.29, 0.717) is 6.04 Å². The van der Waals surface area contributed by atoms with Gasteiger partial charge < -0.3 is 5.32 Å². The van der Waals surface area contributed by atoms with Gasteiger partial charge in [-0.3, -0.25) is 4.98 Å². The molecule has 4 nitrogen and oxygen atoms in total. The molecule has 0 aromatic carbocycles. The zero-order valence-corrected chi connectivity index (χ0v) is 11.4. The monoisotopic (exact) mass is 246 g/mol. The molecule has 0 saturated carbocycles. The van der Waals surface area contributed by atoms with Gasteiger partial charge in [-0.05, 0) is 25.3 Å². The zero-order chi connectivity index (χ0) is 13.0. The lowest BCUT2D eigenvalue weighted by Crippen LogP contribution is -2.21. The van der Waals surface area contributed by atoms with E-state index in [4.69, 9.17) is 0 Å². The van der Waals surface area contributed by atoms with Crippen molar-refractivity contribution in [3.63, 3.8) is 0 Å². The minimum Gasteiger partial charge on any atom is -0.310 e. The maximum atomic E-state index is 4.39. The summed E-state index contributed by atoms with van der Waals surface area (Å²) in [4.78, 5) is 4.19. The molecule has 2 aromatic heterocycles. The van der Waals surface area contributed by atoms with E-state index in [1.54, 1.807) is 6.20 Å². The van der Waals surface area contributed by atoms with E-state index >= 15 is 0 Å². The van der Waals surface area contributed by atoms with Crippen LogP contribution in [0.4, 0.5) is 0 Å². The molecule has 1 N–H and O–H groups in total. The van der Waals surface area contributed by atoms with Gasteiger partial charge in [0.05, 0.1) is 17.9 Å². The molecule has 2 heterocycles. The molecule has 0 saturated heterocycles. The summed E-state index contributed by atoms with van der Waals surface area (Å²) in [6, 6.07) is 0.374. The number of rotatable bonds is 6. The largest absolute Gasteiger partial charge is 0.310 e. The molecule has 0 aliphatic carbocycles. The van der Waals surface area contributed by atoms with Crippen molar-refractivity contribution in [2.75, 3.05) is 6.54 Å². The normalized spacial score (nSPS) is 13.3. The van der Waals surface area contributed by atoms with Gasteiger partial charge in [0.25, 0.3) is 0 Å². The van der Waals surface area contributed by atoms with E-state index in [1.807, 2.05) is 23.1 Å². The third-order valence-corrected chi connectivity index (χ3v) is 3.21. The molecule has 2 rings (SSSR count). The van der Waals surface area contributed by atoms with Crippen LogP contribution >= 0.6 is 0 Å². The van der Waals surface area contributed by atoms with Crippen molar-refractivity contribution < 1.29 is 0 Å². The van der Waals surface area contributed by atoms with Crippen molar-refractivity contribution in [2.45, 2.75) is 39.7 Å². The Kier molecular flexibility index (Phi) is 4.31. The van der Waals surface area contributed by atoms with Crippen LogP contribution < -0.4 is 5.32 Å². The average molecular weight is 246 g/mol. The van der Waals surface area contributed by atoms with Gasteiger partial charge in [-0.15, -0.1) is 0 Å². The van der Waals surface area contributed by atoms with Crippen molar-refractivity contribution in [1.82, 2.24) is 19.9 Å². The standard InChI is InChI=1S/C14H22N4/c1-4-16-13(6-5-11(2)3)12-9-17-18-8-7-15-10-14(12)18/h7-11,13,16H,4-6H2,1-3H3. The van der Waals surface area contributed by atoms with Gasteiger partial charge in [0.2, 0.25) is 0 Å². The Morgan fingerprint density at radius 3 is 2.83 bits per heavy atom. The molecular formula is C14H22N4. The van der Waals surface area contributed by atoms with Crippen LogP contribution in [-0.4, -0.2) is 21.1 Å². The van der Waals surface area contributed by atoms with Crippen LogP contribution in [-0.2, 0) is 0 Å². The Morgan fingerprint density at radius 2 is 2.11 bits per heavy atom. The second-order valence-electron chi connectivity index (χ2n) is 5.09. The Morgan fingerprint density at radius 1 is 1.28 bits per heavy atom. The number of nitrogens with zero attached hydrogens (tertiary/aromatic N) is 3. The highest BCUT2D eigenvalue weighted by Gasteiger charge is 2.15. The van der Waals surface area contributed by atoms with Gasteiger partial charge >= 0.3 is 0 Å². The van der Waals surface area contributed by atoms with E-state index in [0.717, 1.165) is 24.4 Å². The maximum Gasteiger partial charge on any atom is 0.0892 e. The second-order valence-corrected chi connectivity index (χ2v) is 5.09. The topological polar surface area (TPSA) is 42.2 Å². The highest BCUT2D eigenvalue weighted by Crippen LogP contribution is 2.24. The Labute approximate surface area is 108 Å². The number of hydrogen-bond acceptors (Lipinski definition) is 3. The zero-order valence-electron chi connectivity index (χ0n) is 11.4. The Hall–Kier alpha value is -1.42. The van der Waals surface area contributed by atoms with Gasteiger partial charge in [0, 0.05) is 24.0 Å². The minimum atomic E-state index is 0.374. The van der Waals surface area contributed by atoms with E-state index in [-0.39, 0.29) is 0 Å². The minimum absolute atomic E-state index is 0.374. The second kappa shape index (κ2) is 5.96. The van der Waals surface area contributed by atoms with Crippen LogP contribution in [0.5, 0.6) is 0 Å². The molecule has 0 aliphatic rings. The summed E-state index contributed by atoms with van der Waals surface area (Å²) in [7, 11) is 0. The van der Waals surface area contributed by atoms with Crippen molar-refractivity contribution in [3.05, 3.63) is 30.4 Å². The van der Waals surface area contributed by atoms with Crippen molar-refractivity contribution in [2.24, 2.45) is 5.92 Å². The maximum absolute atomic E-state index is 4.39. The molecule has 1 atom stereocenters. The summed E-state index contributed by atoms with van der Waals surface area (Å²) in [5.74, 6) is 0.728. The highest BCUT2D eigenvalue weighted by atomic mass is 15.2. The van der Waals surface area contributed by atoms with Gasteiger partial charge in [-0.25, -0.2) is 4.52 Å². The molecular weight excluding hydrogens is 224 g/mol. The Balaban J connectivity index is 2.24. The SMILES string of the molecule is CCNC(CCC(C)C)c1cnn2ccncc12. The lowest BCUT2D eigenvalue weighted by atomic mass is 9.99. The van der Waals surface area contributed by atoms with Crippen molar-refractivity contribution in [1.29, 1.82) is 0 Å². The summed E-state index contributed by atoms with van der Waals surface area (Å²) in [5.41, 5.74) is 2.36. The molecule has 0 amide bonds. The van der Waals surface area contributed by atoms with Gasteiger partial charge in [-0.1, -0.05) is 20.8 Å². The van der Waals surface area contributed by atoms with Gasteiger partial charge in [0.15, 0.2) is 0 Å². The first-order valence-electron chi connectivity index (χ1n) is 6.73. The van der Waals surface area contributed by atoms with Crippen LogP contribution in [0.15, 0.2) is 24.8 Å². The predicted molar refractivity (Wildman–Crippen MR) is 73.5 cm³/mol. The molecule has 0 spiro atoms. The number of fused-ring (bicyclic) bond motifs is 1. The third kappa shape index (κ3) is 2.88. The van der Waals surface area contributed by atoms with Crippen LogP contribution in [0.25, 0.3) is 5.52 Å². The quantitative estimate of drug-likeness (QED) is 0.852. The van der Waals surface area contributed by atoms with Gasteiger partial charge in [0.1, 0.15) is 0 Å². The lowest BCUT2D eigenvalue weighted by Gasteiger charge is -2.18. The number of aromatic nitrogens is 3. The Bertz CT molecular complexity index is 489. The molecule has 1 unspecified atom stereocenters. The molecule has 0 aliphatic heterocycles. The van der Waals surface area contributed by atoms with Crippen molar-refractivity contribution in [3.8, 4) is 0 Å². The molecule has 0 bridgehead atoms. The lowest BCUT2D eigenvalue weighted by molar-refractivity contribution is 0.450. The fraction of sp³-hybridized carbons (Fsp3) is 0.571.